The van der Waals surface area contributed by atoms with Crippen molar-refractivity contribution in [2.24, 2.45) is 5.92 Å². The second kappa shape index (κ2) is 6.27. The first-order valence-electron chi connectivity index (χ1n) is 7.41. The van der Waals surface area contributed by atoms with E-state index in [2.05, 4.69) is 15.3 Å². The average Bonchev–Trinajstić information content (AvgIpc) is 2.91. The third-order valence-electron chi connectivity index (χ3n) is 4.19. The first-order valence-corrected chi connectivity index (χ1v) is 7.41. The maximum absolute atomic E-state index is 12.3. The highest BCUT2D eigenvalue weighted by Gasteiger charge is 2.35. The van der Waals surface area contributed by atoms with Crippen molar-refractivity contribution in [2.45, 2.75) is 38.3 Å². The molecule has 1 amide bonds. The minimum absolute atomic E-state index is 0.0391. The monoisotopic (exact) mass is 301 g/mol. The maximum Gasteiger partial charge on any atom is 0.289 e. The van der Waals surface area contributed by atoms with E-state index in [1.165, 1.54) is 6.39 Å². The van der Waals surface area contributed by atoms with Gasteiger partial charge in [0.1, 0.15) is 0 Å². The van der Waals surface area contributed by atoms with Gasteiger partial charge in [0, 0.05) is 18.4 Å². The number of carbonyl (C=O) groups is 1. The lowest BCUT2D eigenvalue weighted by Crippen LogP contribution is -2.48. The van der Waals surface area contributed by atoms with E-state index >= 15 is 0 Å². The van der Waals surface area contributed by atoms with E-state index in [0.717, 1.165) is 5.56 Å². The first-order chi connectivity index (χ1) is 10.6. The average molecular weight is 301 g/mol. The lowest BCUT2D eigenvalue weighted by Gasteiger charge is -2.38. The Kier molecular flexibility index (Phi) is 4.20. The SMILES string of the molecule is Cc1ncoc1C(=O)N[C@@H](Cc1ccncc1)C1CC(O)C1. The van der Waals surface area contributed by atoms with Crippen molar-refractivity contribution in [3.8, 4) is 0 Å². The molecule has 6 heteroatoms. The van der Waals surface area contributed by atoms with Crippen molar-refractivity contribution in [1.29, 1.82) is 0 Å². The summed E-state index contributed by atoms with van der Waals surface area (Å²) < 4.78 is 5.15. The van der Waals surface area contributed by atoms with Crippen LogP contribution in [0.4, 0.5) is 0 Å². The smallest absolute Gasteiger partial charge is 0.289 e. The van der Waals surface area contributed by atoms with E-state index in [-0.39, 0.29) is 29.7 Å². The molecule has 1 atom stereocenters. The van der Waals surface area contributed by atoms with Gasteiger partial charge in [-0.2, -0.15) is 0 Å². The molecule has 1 aliphatic carbocycles. The summed E-state index contributed by atoms with van der Waals surface area (Å²) in [5.41, 5.74) is 1.68. The fourth-order valence-corrected chi connectivity index (χ4v) is 2.82. The number of aliphatic hydroxyl groups excluding tert-OH is 1. The number of carbonyl (C=O) groups excluding carboxylic acids is 1. The Morgan fingerprint density at radius 2 is 2.18 bits per heavy atom. The molecule has 1 fully saturated rings. The first kappa shape index (κ1) is 14.7. The van der Waals surface area contributed by atoms with Crippen LogP contribution in [-0.4, -0.2) is 33.1 Å². The highest BCUT2D eigenvalue weighted by atomic mass is 16.3. The number of amides is 1. The van der Waals surface area contributed by atoms with Crippen LogP contribution in [0.3, 0.4) is 0 Å². The molecule has 0 unspecified atom stereocenters. The fourth-order valence-electron chi connectivity index (χ4n) is 2.82. The number of hydrogen-bond donors (Lipinski definition) is 2. The van der Waals surface area contributed by atoms with Crippen LogP contribution in [0.2, 0.25) is 0 Å². The van der Waals surface area contributed by atoms with Gasteiger partial charge in [-0.1, -0.05) is 0 Å². The summed E-state index contributed by atoms with van der Waals surface area (Å²) in [6.45, 7) is 1.74. The number of aliphatic hydroxyl groups is 1. The molecule has 6 nitrogen and oxygen atoms in total. The van der Waals surface area contributed by atoms with Gasteiger partial charge in [0.15, 0.2) is 6.39 Å². The van der Waals surface area contributed by atoms with Gasteiger partial charge in [-0.15, -0.1) is 0 Å². The van der Waals surface area contributed by atoms with Crippen LogP contribution in [0.5, 0.6) is 0 Å². The zero-order valence-electron chi connectivity index (χ0n) is 12.4. The Bertz CT molecular complexity index is 635. The fraction of sp³-hybridized carbons (Fsp3) is 0.438. The van der Waals surface area contributed by atoms with E-state index in [9.17, 15) is 9.90 Å². The predicted molar refractivity (Wildman–Crippen MR) is 79.2 cm³/mol. The summed E-state index contributed by atoms with van der Waals surface area (Å²) >= 11 is 0. The van der Waals surface area contributed by atoms with Gasteiger partial charge in [0.05, 0.1) is 11.8 Å². The molecule has 3 rings (SSSR count). The van der Waals surface area contributed by atoms with Crippen LogP contribution >= 0.6 is 0 Å². The van der Waals surface area contributed by atoms with Gasteiger partial charge in [-0.25, -0.2) is 4.98 Å². The van der Waals surface area contributed by atoms with Crippen LogP contribution in [0.1, 0.15) is 34.7 Å². The van der Waals surface area contributed by atoms with Crippen molar-refractivity contribution in [3.63, 3.8) is 0 Å². The lowest BCUT2D eigenvalue weighted by atomic mass is 9.75. The van der Waals surface area contributed by atoms with E-state index in [1.807, 2.05) is 12.1 Å². The maximum atomic E-state index is 12.3. The van der Waals surface area contributed by atoms with Gasteiger partial charge >= 0.3 is 0 Å². The van der Waals surface area contributed by atoms with Gasteiger partial charge < -0.3 is 14.8 Å². The molecule has 0 radical (unpaired) electrons. The molecule has 2 aromatic heterocycles. The van der Waals surface area contributed by atoms with Crippen LogP contribution in [0.15, 0.2) is 35.3 Å². The number of rotatable bonds is 5. The molecule has 2 N–H and O–H groups in total. The minimum Gasteiger partial charge on any atom is -0.438 e. The van der Waals surface area contributed by atoms with E-state index in [1.54, 1.807) is 19.3 Å². The molecule has 0 spiro atoms. The summed E-state index contributed by atoms with van der Waals surface area (Å²) in [7, 11) is 0. The molecule has 2 heterocycles. The highest BCUT2D eigenvalue weighted by Crippen LogP contribution is 2.32. The predicted octanol–water partition coefficient (Wildman–Crippen LogP) is 1.49. The Morgan fingerprint density at radius 1 is 1.45 bits per heavy atom. The lowest BCUT2D eigenvalue weighted by molar-refractivity contribution is 0.0236. The summed E-state index contributed by atoms with van der Waals surface area (Å²) in [4.78, 5) is 20.3. The van der Waals surface area contributed by atoms with Gasteiger partial charge in [-0.05, 0) is 49.8 Å². The quantitative estimate of drug-likeness (QED) is 0.873. The van der Waals surface area contributed by atoms with Crippen molar-refractivity contribution in [1.82, 2.24) is 15.3 Å². The standard InChI is InChI=1S/C16H19N3O3/c1-10-15(22-9-18-10)16(21)19-14(12-7-13(20)8-12)6-11-2-4-17-5-3-11/h2-5,9,12-14,20H,6-8H2,1H3,(H,19,21)/t12?,13?,14-/m0/s1. The largest absolute Gasteiger partial charge is 0.438 e. The minimum atomic E-state index is -0.256. The number of pyridine rings is 1. The third-order valence-corrected chi connectivity index (χ3v) is 4.19. The second-order valence-electron chi connectivity index (χ2n) is 5.79. The molecule has 2 aromatic rings. The summed E-state index contributed by atoms with van der Waals surface area (Å²) in [5, 5.41) is 12.6. The molecular weight excluding hydrogens is 282 g/mol. The molecule has 0 bridgehead atoms. The molecule has 22 heavy (non-hydrogen) atoms. The Hall–Kier alpha value is -2.21. The Balaban J connectivity index is 1.71. The van der Waals surface area contributed by atoms with Crippen molar-refractivity contribution >= 4 is 5.91 Å². The molecule has 0 aliphatic heterocycles. The molecule has 0 saturated heterocycles. The van der Waals surface area contributed by atoms with E-state index < -0.39 is 0 Å². The van der Waals surface area contributed by atoms with Crippen LogP contribution in [-0.2, 0) is 6.42 Å². The molecule has 0 aromatic carbocycles. The zero-order valence-corrected chi connectivity index (χ0v) is 12.4. The van der Waals surface area contributed by atoms with Crippen LogP contribution in [0, 0.1) is 12.8 Å². The number of nitrogens with zero attached hydrogens (tertiary/aromatic N) is 2. The number of oxazole rings is 1. The van der Waals surface area contributed by atoms with E-state index in [0.29, 0.717) is 25.0 Å². The zero-order chi connectivity index (χ0) is 15.5. The van der Waals surface area contributed by atoms with Gasteiger partial charge in [0.25, 0.3) is 5.91 Å². The van der Waals surface area contributed by atoms with Crippen LogP contribution < -0.4 is 5.32 Å². The number of hydrogen-bond acceptors (Lipinski definition) is 5. The Morgan fingerprint density at radius 3 is 2.77 bits per heavy atom. The summed E-state index contributed by atoms with van der Waals surface area (Å²) in [5.74, 6) is 0.269. The molecule has 1 saturated carbocycles. The topological polar surface area (TPSA) is 88.3 Å². The van der Waals surface area contributed by atoms with E-state index in [4.69, 9.17) is 4.42 Å². The van der Waals surface area contributed by atoms with Crippen molar-refractivity contribution < 1.29 is 14.3 Å². The van der Waals surface area contributed by atoms with Crippen molar-refractivity contribution in [3.05, 3.63) is 47.9 Å². The van der Waals surface area contributed by atoms with Crippen molar-refractivity contribution in [2.75, 3.05) is 0 Å². The Labute approximate surface area is 128 Å². The number of aryl methyl sites for hydroxylation is 1. The highest BCUT2D eigenvalue weighted by molar-refractivity contribution is 5.92. The van der Waals surface area contributed by atoms with Crippen LogP contribution in [0.25, 0.3) is 0 Å². The molecule has 1 aliphatic rings. The normalized spacial score (nSPS) is 21.9. The summed E-state index contributed by atoms with van der Waals surface area (Å²) in [6.07, 6.45) is 6.63. The molecular formula is C16H19N3O3. The number of aromatic nitrogens is 2. The third kappa shape index (κ3) is 3.17. The van der Waals surface area contributed by atoms with Gasteiger partial charge in [-0.3, -0.25) is 9.78 Å². The second-order valence-corrected chi connectivity index (χ2v) is 5.79. The summed E-state index contributed by atoms with van der Waals surface area (Å²) in [6, 6.07) is 3.84. The van der Waals surface area contributed by atoms with Gasteiger partial charge in [0.2, 0.25) is 5.76 Å². The molecule has 116 valence electrons. The number of nitrogens with one attached hydrogen (secondary N) is 1.